The Balaban J connectivity index is 2.33. The molecule has 0 aliphatic carbocycles. The molecule has 1 heterocycles. The largest absolute Gasteiger partial charge is 0.478 e. The van der Waals surface area contributed by atoms with E-state index in [9.17, 15) is 4.79 Å². The summed E-state index contributed by atoms with van der Waals surface area (Å²) in [6.07, 6.45) is 1.65. The molecule has 0 saturated heterocycles. The summed E-state index contributed by atoms with van der Waals surface area (Å²) in [6, 6.07) is 8.40. The van der Waals surface area contributed by atoms with Gasteiger partial charge in [0.1, 0.15) is 5.75 Å². The number of hydrogen-bond donors (Lipinski definition) is 1. The molecule has 1 N–H and O–H groups in total. The Labute approximate surface area is 118 Å². The average Bonchev–Trinajstić information content (AvgIpc) is 2.31. The lowest BCUT2D eigenvalue weighted by Gasteiger charge is -2.08. The van der Waals surface area contributed by atoms with Crippen LogP contribution in [0.3, 0.4) is 0 Å². The first kappa shape index (κ1) is 12.8. The van der Waals surface area contributed by atoms with Crippen molar-refractivity contribution >= 4 is 28.6 Å². The second-order valence-corrected chi connectivity index (χ2v) is 4.89. The summed E-state index contributed by atoms with van der Waals surface area (Å²) >= 11 is 2.09. The molecule has 1 aromatic heterocycles. The van der Waals surface area contributed by atoms with Gasteiger partial charge in [-0.05, 0) is 59.3 Å². The lowest BCUT2D eigenvalue weighted by Crippen LogP contribution is -1.98. The van der Waals surface area contributed by atoms with Crippen LogP contribution in [-0.2, 0) is 0 Å². The van der Waals surface area contributed by atoms with Crippen LogP contribution in [-0.4, -0.2) is 16.1 Å². The minimum absolute atomic E-state index is 0.193. The summed E-state index contributed by atoms with van der Waals surface area (Å²) in [5, 5.41) is 8.94. The molecule has 0 fully saturated rings. The van der Waals surface area contributed by atoms with E-state index in [1.54, 1.807) is 24.4 Å². The first-order chi connectivity index (χ1) is 8.56. The maximum Gasteiger partial charge on any atom is 0.335 e. The average molecular weight is 355 g/mol. The Kier molecular flexibility index (Phi) is 3.81. The van der Waals surface area contributed by atoms with E-state index in [0.29, 0.717) is 11.6 Å². The van der Waals surface area contributed by atoms with Crippen molar-refractivity contribution in [3.63, 3.8) is 0 Å². The number of ether oxygens (including phenoxy) is 1. The first-order valence-corrected chi connectivity index (χ1v) is 6.27. The van der Waals surface area contributed by atoms with Crippen LogP contribution in [0.4, 0.5) is 0 Å². The van der Waals surface area contributed by atoms with E-state index in [-0.39, 0.29) is 5.56 Å². The zero-order valence-electron chi connectivity index (χ0n) is 9.55. The van der Waals surface area contributed by atoms with Gasteiger partial charge in [0.2, 0.25) is 5.88 Å². The summed E-state index contributed by atoms with van der Waals surface area (Å²) < 4.78 is 6.43. The van der Waals surface area contributed by atoms with Gasteiger partial charge in [0.15, 0.2) is 0 Å². The van der Waals surface area contributed by atoms with Gasteiger partial charge < -0.3 is 9.84 Å². The fourth-order valence-electron chi connectivity index (χ4n) is 1.39. The van der Waals surface area contributed by atoms with Crippen LogP contribution in [0, 0.1) is 10.5 Å². The fraction of sp³-hybridized carbons (Fsp3) is 0.0769. The molecule has 0 atom stereocenters. The smallest absolute Gasteiger partial charge is 0.335 e. The van der Waals surface area contributed by atoms with E-state index >= 15 is 0 Å². The molecule has 0 bridgehead atoms. The highest BCUT2D eigenvalue weighted by Crippen LogP contribution is 2.27. The Morgan fingerprint density at radius 1 is 1.33 bits per heavy atom. The van der Waals surface area contributed by atoms with E-state index in [1.165, 1.54) is 6.07 Å². The van der Waals surface area contributed by atoms with E-state index in [0.717, 1.165) is 9.13 Å². The zero-order chi connectivity index (χ0) is 13.1. The molecule has 0 unspecified atom stereocenters. The van der Waals surface area contributed by atoms with Gasteiger partial charge in [0.25, 0.3) is 0 Å². The third-order valence-corrected chi connectivity index (χ3v) is 3.17. The summed E-state index contributed by atoms with van der Waals surface area (Å²) in [5.41, 5.74) is 1.22. The molecule has 4 nitrogen and oxygen atoms in total. The van der Waals surface area contributed by atoms with Gasteiger partial charge in [0, 0.05) is 12.3 Å². The molecule has 0 radical (unpaired) electrons. The molecule has 5 heteroatoms. The monoisotopic (exact) mass is 355 g/mol. The van der Waals surface area contributed by atoms with E-state index < -0.39 is 5.97 Å². The number of carbonyl (C=O) groups is 1. The quantitative estimate of drug-likeness (QED) is 0.857. The number of nitrogens with zero attached hydrogens (tertiary/aromatic N) is 1. The highest BCUT2D eigenvalue weighted by Gasteiger charge is 2.09. The van der Waals surface area contributed by atoms with Gasteiger partial charge in [-0.2, -0.15) is 0 Å². The Bertz CT molecular complexity index is 599. The summed E-state index contributed by atoms with van der Waals surface area (Å²) in [7, 11) is 0. The number of carboxylic acids is 1. The molecule has 0 aliphatic rings. The molecule has 0 spiro atoms. The summed E-state index contributed by atoms with van der Waals surface area (Å²) in [5.74, 6) is -0.0301. The van der Waals surface area contributed by atoms with Crippen LogP contribution in [0.1, 0.15) is 15.9 Å². The lowest BCUT2D eigenvalue weighted by atomic mass is 10.2. The topological polar surface area (TPSA) is 59.4 Å². The third-order valence-electron chi connectivity index (χ3n) is 2.28. The Hall–Kier alpha value is -1.63. The number of aromatic nitrogens is 1. The van der Waals surface area contributed by atoms with Crippen molar-refractivity contribution < 1.29 is 14.6 Å². The van der Waals surface area contributed by atoms with Crippen molar-refractivity contribution in [1.29, 1.82) is 0 Å². The number of aromatic carboxylic acids is 1. The minimum Gasteiger partial charge on any atom is -0.478 e. The van der Waals surface area contributed by atoms with Crippen molar-refractivity contribution in [3.8, 4) is 11.6 Å². The number of rotatable bonds is 3. The number of hydrogen-bond acceptors (Lipinski definition) is 3. The van der Waals surface area contributed by atoms with Crippen LogP contribution < -0.4 is 4.74 Å². The van der Waals surface area contributed by atoms with Gasteiger partial charge in [-0.1, -0.05) is 0 Å². The number of halogens is 1. The molecule has 18 heavy (non-hydrogen) atoms. The second kappa shape index (κ2) is 5.34. The Morgan fingerprint density at radius 2 is 2.11 bits per heavy atom. The van der Waals surface area contributed by atoms with Gasteiger partial charge in [-0.25, -0.2) is 9.78 Å². The van der Waals surface area contributed by atoms with Crippen molar-refractivity contribution in [1.82, 2.24) is 4.98 Å². The van der Waals surface area contributed by atoms with Crippen molar-refractivity contribution in [2.75, 3.05) is 0 Å². The fourth-order valence-corrected chi connectivity index (χ4v) is 1.84. The number of aryl methyl sites for hydroxylation is 1. The normalized spacial score (nSPS) is 10.1. The van der Waals surface area contributed by atoms with Gasteiger partial charge in [-0.3, -0.25) is 0 Å². The standard InChI is InChI=1S/C13H10INO3/c1-8-4-5-15-12(6-8)18-11-7-9(13(16)17)2-3-10(11)14/h2-7H,1H3,(H,16,17). The molecule has 0 aliphatic heterocycles. The first-order valence-electron chi connectivity index (χ1n) is 5.19. The van der Waals surface area contributed by atoms with Gasteiger partial charge >= 0.3 is 5.97 Å². The number of benzene rings is 1. The maximum atomic E-state index is 10.9. The zero-order valence-corrected chi connectivity index (χ0v) is 11.7. The molecular weight excluding hydrogens is 345 g/mol. The van der Waals surface area contributed by atoms with Crippen molar-refractivity contribution in [2.24, 2.45) is 0 Å². The number of pyridine rings is 1. The summed E-state index contributed by atoms with van der Waals surface area (Å²) in [6.45, 7) is 1.94. The predicted molar refractivity (Wildman–Crippen MR) is 75.2 cm³/mol. The molecule has 92 valence electrons. The molecular formula is C13H10INO3. The van der Waals surface area contributed by atoms with E-state index in [2.05, 4.69) is 27.6 Å². The lowest BCUT2D eigenvalue weighted by molar-refractivity contribution is 0.0696. The van der Waals surface area contributed by atoms with E-state index in [4.69, 9.17) is 9.84 Å². The van der Waals surface area contributed by atoms with Gasteiger partial charge in [-0.15, -0.1) is 0 Å². The predicted octanol–water partition coefficient (Wildman–Crippen LogP) is 3.49. The van der Waals surface area contributed by atoms with Crippen LogP contribution in [0.25, 0.3) is 0 Å². The highest BCUT2D eigenvalue weighted by atomic mass is 127. The number of carboxylic acid groups (broad SMARTS) is 1. The van der Waals surface area contributed by atoms with Crippen LogP contribution >= 0.6 is 22.6 Å². The molecule has 2 rings (SSSR count). The molecule has 0 amide bonds. The van der Waals surface area contributed by atoms with Crippen LogP contribution in [0.5, 0.6) is 11.6 Å². The molecule has 0 saturated carbocycles. The highest BCUT2D eigenvalue weighted by molar-refractivity contribution is 14.1. The SMILES string of the molecule is Cc1ccnc(Oc2cc(C(=O)O)ccc2I)c1. The molecule has 1 aromatic carbocycles. The van der Waals surface area contributed by atoms with Crippen molar-refractivity contribution in [3.05, 3.63) is 51.2 Å². The molecule has 2 aromatic rings. The van der Waals surface area contributed by atoms with Crippen LogP contribution in [0.2, 0.25) is 0 Å². The second-order valence-electron chi connectivity index (χ2n) is 3.72. The van der Waals surface area contributed by atoms with E-state index in [1.807, 2.05) is 13.0 Å². The van der Waals surface area contributed by atoms with Crippen molar-refractivity contribution in [2.45, 2.75) is 6.92 Å². The Morgan fingerprint density at radius 3 is 2.78 bits per heavy atom. The minimum atomic E-state index is -0.978. The van der Waals surface area contributed by atoms with Gasteiger partial charge in [0.05, 0.1) is 9.13 Å². The summed E-state index contributed by atoms with van der Waals surface area (Å²) in [4.78, 5) is 15.0. The van der Waals surface area contributed by atoms with Crippen LogP contribution in [0.15, 0.2) is 36.5 Å². The third kappa shape index (κ3) is 2.98. The maximum absolute atomic E-state index is 10.9.